The van der Waals surface area contributed by atoms with Crippen molar-refractivity contribution in [3.05, 3.63) is 29.6 Å². The van der Waals surface area contributed by atoms with E-state index in [1.807, 2.05) is 13.8 Å². The number of carbonyl (C=O) groups is 1. The molecule has 0 bridgehead atoms. The van der Waals surface area contributed by atoms with E-state index in [2.05, 4.69) is 4.72 Å². The fourth-order valence-electron chi connectivity index (χ4n) is 3.07. The summed E-state index contributed by atoms with van der Waals surface area (Å²) >= 11 is 0. The van der Waals surface area contributed by atoms with Crippen LogP contribution in [-0.2, 0) is 10.2 Å². The van der Waals surface area contributed by atoms with Gasteiger partial charge in [-0.05, 0) is 30.0 Å². The summed E-state index contributed by atoms with van der Waals surface area (Å²) in [4.78, 5) is 14.4. The van der Waals surface area contributed by atoms with Gasteiger partial charge in [0.2, 0.25) is 0 Å². The van der Waals surface area contributed by atoms with E-state index in [1.165, 1.54) is 39.4 Å². The summed E-state index contributed by atoms with van der Waals surface area (Å²) in [5, 5.41) is 0. The lowest BCUT2D eigenvalue weighted by Gasteiger charge is -2.24. The van der Waals surface area contributed by atoms with Crippen LogP contribution in [0.5, 0.6) is 5.75 Å². The maximum atomic E-state index is 13.6. The van der Waals surface area contributed by atoms with E-state index < -0.39 is 16.0 Å². The SMILES string of the molecule is COc1cc(C(=O)N2C[C@@H](NS(=O)(=O)N(C)C)[C@H](C(C)C)C2)ccc1F. The van der Waals surface area contributed by atoms with Gasteiger partial charge < -0.3 is 9.64 Å². The Morgan fingerprint density at radius 3 is 2.54 bits per heavy atom. The molecular formula is C17H26FN3O4S. The van der Waals surface area contributed by atoms with Crippen LogP contribution in [-0.4, -0.2) is 63.9 Å². The van der Waals surface area contributed by atoms with Crippen molar-refractivity contribution < 1.29 is 22.3 Å². The Morgan fingerprint density at radius 1 is 1.35 bits per heavy atom. The van der Waals surface area contributed by atoms with E-state index >= 15 is 0 Å². The van der Waals surface area contributed by atoms with E-state index in [0.29, 0.717) is 12.1 Å². The quantitative estimate of drug-likeness (QED) is 0.799. The molecule has 1 aromatic rings. The second-order valence-electron chi connectivity index (χ2n) is 6.98. The maximum absolute atomic E-state index is 13.6. The number of rotatable bonds is 6. The second kappa shape index (κ2) is 7.89. The monoisotopic (exact) mass is 387 g/mol. The van der Waals surface area contributed by atoms with Crippen molar-refractivity contribution in [2.75, 3.05) is 34.3 Å². The number of halogens is 1. The molecule has 1 saturated heterocycles. The third-order valence-electron chi connectivity index (χ3n) is 4.69. The lowest BCUT2D eigenvalue weighted by molar-refractivity contribution is 0.0782. The lowest BCUT2D eigenvalue weighted by Crippen LogP contribution is -2.46. The van der Waals surface area contributed by atoms with Crippen LogP contribution in [0.15, 0.2) is 18.2 Å². The van der Waals surface area contributed by atoms with E-state index in [-0.39, 0.29) is 36.1 Å². The maximum Gasteiger partial charge on any atom is 0.279 e. The molecule has 1 aliphatic heterocycles. The molecule has 1 aromatic carbocycles. The predicted octanol–water partition coefficient (Wildman–Crippen LogP) is 1.33. The van der Waals surface area contributed by atoms with Gasteiger partial charge in [0.1, 0.15) is 0 Å². The average molecular weight is 387 g/mol. The Hall–Kier alpha value is -1.71. The molecule has 2 atom stereocenters. The number of ether oxygens (including phenoxy) is 1. The predicted molar refractivity (Wildman–Crippen MR) is 96.7 cm³/mol. The fourth-order valence-corrected chi connectivity index (χ4v) is 3.91. The molecule has 1 amide bonds. The van der Waals surface area contributed by atoms with Gasteiger partial charge in [0, 0.05) is 38.8 Å². The topological polar surface area (TPSA) is 79.0 Å². The molecule has 146 valence electrons. The fraction of sp³-hybridized carbons (Fsp3) is 0.588. The number of hydrogen-bond acceptors (Lipinski definition) is 4. The van der Waals surface area contributed by atoms with Gasteiger partial charge in [-0.15, -0.1) is 0 Å². The Balaban J connectivity index is 2.22. The van der Waals surface area contributed by atoms with Gasteiger partial charge in [0.15, 0.2) is 11.6 Å². The van der Waals surface area contributed by atoms with Gasteiger partial charge in [0.05, 0.1) is 7.11 Å². The van der Waals surface area contributed by atoms with Crippen molar-refractivity contribution in [1.82, 2.24) is 13.9 Å². The molecule has 0 aromatic heterocycles. The lowest BCUT2D eigenvalue weighted by atomic mass is 9.92. The largest absolute Gasteiger partial charge is 0.494 e. The first-order valence-electron chi connectivity index (χ1n) is 8.39. The van der Waals surface area contributed by atoms with Crippen LogP contribution in [0.2, 0.25) is 0 Å². The smallest absolute Gasteiger partial charge is 0.279 e. The zero-order valence-corrected chi connectivity index (χ0v) is 16.5. The molecule has 1 heterocycles. The Labute approximate surface area is 154 Å². The van der Waals surface area contributed by atoms with Gasteiger partial charge in [-0.3, -0.25) is 4.79 Å². The molecule has 1 fully saturated rings. The second-order valence-corrected chi connectivity index (χ2v) is 8.90. The van der Waals surface area contributed by atoms with E-state index in [4.69, 9.17) is 4.74 Å². The molecule has 0 radical (unpaired) electrons. The molecule has 1 N–H and O–H groups in total. The summed E-state index contributed by atoms with van der Waals surface area (Å²) in [5.74, 6) is -0.649. The summed E-state index contributed by atoms with van der Waals surface area (Å²) in [7, 11) is 0.642. The van der Waals surface area contributed by atoms with Crippen molar-refractivity contribution in [2.24, 2.45) is 11.8 Å². The Kier molecular flexibility index (Phi) is 6.25. The summed E-state index contributed by atoms with van der Waals surface area (Å²) in [6, 6.07) is 3.57. The minimum Gasteiger partial charge on any atom is -0.494 e. The number of nitrogens with zero attached hydrogens (tertiary/aromatic N) is 2. The van der Waals surface area contributed by atoms with Crippen LogP contribution in [0.3, 0.4) is 0 Å². The number of amides is 1. The Bertz CT molecular complexity index is 767. The zero-order valence-electron chi connectivity index (χ0n) is 15.7. The molecule has 2 rings (SSSR count). The minimum absolute atomic E-state index is 0.000294. The number of methoxy groups -OCH3 is 1. The first kappa shape index (κ1) is 20.6. The number of nitrogens with one attached hydrogen (secondary N) is 1. The first-order valence-corrected chi connectivity index (χ1v) is 9.83. The van der Waals surface area contributed by atoms with Crippen molar-refractivity contribution in [3.63, 3.8) is 0 Å². The minimum atomic E-state index is -3.60. The highest BCUT2D eigenvalue weighted by molar-refractivity contribution is 7.87. The summed E-state index contributed by atoms with van der Waals surface area (Å²) < 4.78 is 46.6. The molecule has 7 nitrogen and oxygen atoms in total. The van der Waals surface area contributed by atoms with Gasteiger partial charge in [-0.1, -0.05) is 13.8 Å². The van der Waals surface area contributed by atoms with Crippen LogP contribution in [0.1, 0.15) is 24.2 Å². The Morgan fingerprint density at radius 2 is 2.00 bits per heavy atom. The van der Waals surface area contributed by atoms with Gasteiger partial charge in [-0.2, -0.15) is 17.4 Å². The molecule has 1 aliphatic rings. The average Bonchev–Trinajstić information content (AvgIpc) is 2.97. The highest BCUT2D eigenvalue weighted by Gasteiger charge is 2.39. The van der Waals surface area contributed by atoms with E-state index in [1.54, 1.807) is 4.90 Å². The van der Waals surface area contributed by atoms with Crippen LogP contribution in [0.4, 0.5) is 4.39 Å². The van der Waals surface area contributed by atoms with Crippen molar-refractivity contribution >= 4 is 16.1 Å². The van der Waals surface area contributed by atoms with E-state index in [9.17, 15) is 17.6 Å². The highest BCUT2D eigenvalue weighted by Crippen LogP contribution is 2.27. The first-order chi connectivity index (χ1) is 12.1. The van der Waals surface area contributed by atoms with E-state index in [0.717, 1.165) is 4.31 Å². The number of carbonyl (C=O) groups excluding carboxylic acids is 1. The van der Waals surface area contributed by atoms with Crippen molar-refractivity contribution in [3.8, 4) is 5.75 Å². The van der Waals surface area contributed by atoms with Gasteiger partial charge in [-0.25, -0.2) is 4.39 Å². The molecule has 26 heavy (non-hydrogen) atoms. The summed E-state index contributed by atoms with van der Waals surface area (Å²) in [5.41, 5.74) is 0.307. The molecule has 0 spiro atoms. The third kappa shape index (κ3) is 4.33. The summed E-state index contributed by atoms with van der Waals surface area (Å²) in [6.45, 7) is 4.68. The van der Waals surface area contributed by atoms with Crippen molar-refractivity contribution in [2.45, 2.75) is 19.9 Å². The molecule has 0 aliphatic carbocycles. The van der Waals surface area contributed by atoms with Gasteiger partial charge >= 0.3 is 0 Å². The third-order valence-corrected chi connectivity index (χ3v) is 6.25. The molecule has 0 unspecified atom stereocenters. The van der Waals surface area contributed by atoms with Crippen LogP contribution >= 0.6 is 0 Å². The number of hydrogen-bond donors (Lipinski definition) is 1. The zero-order chi connectivity index (χ0) is 19.6. The van der Waals surface area contributed by atoms with Crippen LogP contribution < -0.4 is 9.46 Å². The molecular weight excluding hydrogens is 361 g/mol. The standard InChI is InChI=1S/C17H26FN3O4S/c1-11(2)13-9-21(10-15(13)19-26(23,24)20(3)4)17(22)12-6-7-14(18)16(8-12)25-5/h6-8,11,13,15,19H,9-10H2,1-5H3/t13-,15+/m0/s1. The number of likely N-dealkylation sites (tertiary alicyclic amines) is 1. The van der Waals surface area contributed by atoms with Crippen LogP contribution in [0.25, 0.3) is 0 Å². The normalized spacial score (nSPS) is 20.8. The highest BCUT2D eigenvalue weighted by atomic mass is 32.2. The molecule has 0 saturated carbocycles. The van der Waals surface area contributed by atoms with Crippen molar-refractivity contribution in [1.29, 1.82) is 0 Å². The molecule has 9 heteroatoms. The summed E-state index contributed by atoms with van der Waals surface area (Å²) in [6.07, 6.45) is 0. The van der Waals surface area contributed by atoms with Crippen LogP contribution in [0, 0.1) is 17.7 Å². The number of benzene rings is 1. The van der Waals surface area contributed by atoms with Gasteiger partial charge in [0.25, 0.3) is 16.1 Å².